The summed E-state index contributed by atoms with van der Waals surface area (Å²) < 4.78 is 18.5. The highest BCUT2D eigenvalue weighted by Crippen LogP contribution is 2.21. The molecule has 1 aromatic rings. The average molecular weight is 240 g/mol. The number of nitrogens with one attached hydrogen (secondary N) is 1. The van der Waals surface area contributed by atoms with Crippen LogP contribution in [-0.4, -0.2) is 12.0 Å². The fourth-order valence-electron chi connectivity index (χ4n) is 1.46. The van der Waals surface area contributed by atoms with Crippen molar-refractivity contribution in [2.24, 2.45) is 11.8 Å². The normalized spacial score (nSPS) is 12.4. The first kappa shape index (κ1) is 13.4. The number of hydrazine groups is 1. The topological polar surface area (TPSA) is 64.3 Å². The Balaban J connectivity index is 2.90. The number of amides is 1. The number of hydrogen-bond acceptors (Lipinski definition) is 3. The zero-order valence-electron chi connectivity index (χ0n) is 10.2. The van der Waals surface area contributed by atoms with Crippen molar-refractivity contribution in [1.29, 1.82) is 0 Å². The quantitative estimate of drug-likeness (QED) is 0.476. The molecule has 0 saturated heterocycles. The Labute approximate surface area is 99.9 Å². The van der Waals surface area contributed by atoms with E-state index in [1.165, 1.54) is 18.2 Å². The number of hydrogen-bond donors (Lipinski definition) is 2. The Kier molecular flexibility index (Phi) is 4.45. The summed E-state index contributed by atoms with van der Waals surface area (Å²) in [6, 6.07) is 4.15. The Hall–Kier alpha value is -1.62. The number of halogens is 1. The standard InChI is InChI=1S/C12H17FN2O2/c1-7(2)11(12(16)15-14)17-10-5-4-9(13)6-8(10)3/h4-7,11H,14H2,1-3H3,(H,15,16). The van der Waals surface area contributed by atoms with E-state index in [0.29, 0.717) is 11.3 Å². The summed E-state index contributed by atoms with van der Waals surface area (Å²) in [5, 5.41) is 0. The van der Waals surface area contributed by atoms with Gasteiger partial charge in [-0.15, -0.1) is 0 Å². The van der Waals surface area contributed by atoms with E-state index in [-0.39, 0.29) is 11.7 Å². The molecule has 1 unspecified atom stereocenters. The molecule has 1 aromatic carbocycles. The highest BCUT2D eigenvalue weighted by molar-refractivity contribution is 5.80. The van der Waals surface area contributed by atoms with E-state index >= 15 is 0 Å². The summed E-state index contributed by atoms with van der Waals surface area (Å²) in [4.78, 5) is 11.5. The lowest BCUT2D eigenvalue weighted by Gasteiger charge is -2.21. The lowest BCUT2D eigenvalue weighted by atomic mass is 10.1. The third-order valence-corrected chi connectivity index (χ3v) is 2.40. The molecule has 17 heavy (non-hydrogen) atoms. The Morgan fingerprint density at radius 1 is 1.47 bits per heavy atom. The van der Waals surface area contributed by atoms with Crippen LogP contribution in [0.2, 0.25) is 0 Å². The molecule has 0 aromatic heterocycles. The van der Waals surface area contributed by atoms with Gasteiger partial charge in [-0.3, -0.25) is 10.2 Å². The first-order chi connectivity index (χ1) is 7.95. The largest absolute Gasteiger partial charge is 0.480 e. The maximum Gasteiger partial charge on any atom is 0.275 e. The number of benzene rings is 1. The van der Waals surface area contributed by atoms with Gasteiger partial charge in [0, 0.05) is 0 Å². The van der Waals surface area contributed by atoms with Crippen LogP contribution in [0.1, 0.15) is 19.4 Å². The van der Waals surface area contributed by atoms with Gasteiger partial charge in [-0.1, -0.05) is 13.8 Å². The summed E-state index contributed by atoms with van der Waals surface area (Å²) in [5.41, 5.74) is 2.70. The van der Waals surface area contributed by atoms with Crippen LogP contribution < -0.4 is 16.0 Å². The molecule has 0 aliphatic heterocycles. The van der Waals surface area contributed by atoms with Crippen molar-refractivity contribution in [2.75, 3.05) is 0 Å². The molecule has 0 bridgehead atoms. The van der Waals surface area contributed by atoms with Crippen LogP contribution in [-0.2, 0) is 4.79 Å². The van der Waals surface area contributed by atoms with Gasteiger partial charge in [0.1, 0.15) is 11.6 Å². The molecular weight excluding hydrogens is 223 g/mol. The van der Waals surface area contributed by atoms with Crippen molar-refractivity contribution in [2.45, 2.75) is 26.9 Å². The lowest BCUT2D eigenvalue weighted by Crippen LogP contribution is -2.44. The van der Waals surface area contributed by atoms with Crippen LogP contribution in [0.5, 0.6) is 5.75 Å². The maximum absolute atomic E-state index is 12.9. The molecule has 94 valence electrons. The van der Waals surface area contributed by atoms with E-state index in [2.05, 4.69) is 5.43 Å². The number of aryl methyl sites for hydroxylation is 1. The molecule has 3 N–H and O–H groups in total. The molecule has 1 atom stereocenters. The molecule has 4 nitrogen and oxygen atoms in total. The van der Waals surface area contributed by atoms with Gasteiger partial charge < -0.3 is 4.74 Å². The third kappa shape index (κ3) is 3.42. The van der Waals surface area contributed by atoms with Crippen LogP contribution in [0.4, 0.5) is 4.39 Å². The molecule has 1 amide bonds. The molecule has 0 fully saturated rings. The van der Waals surface area contributed by atoms with E-state index in [1.54, 1.807) is 6.92 Å². The minimum atomic E-state index is -0.691. The van der Waals surface area contributed by atoms with Crippen LogP contribution in [0.15, 0.2) is 18.2 Å². The summed E-state index contributed by atoms with van der Waals surface area (Å²) in [6.07, 6.45) is -0.691. The summed E-state index contributed by atoms with van der Waals surface area (Å²) in [7, 11) is 0. The van der Waals surface area contributed by atoms with Crippen molar-refractivity contribution in [1.82, 2.24) is 5.43 Å². The second kappa shape index (κ2) is 5.63. The van der Waals surface area contributed by atoms with Gasteiger partial charge in [0.2, 0.25) is 0 Å². The molecule has 0 spiro atoms. The highest BCUT2D eigenvalue weighted by Gasteiger charge is 2.24. The summed E-state index contributed by atoms with van der Waals surface area (Å²) >= 11 is 0. The zero-order valence-corrected chi connectivity index (χ0v) is 10.2. The van der Waals surface area contributed by atoms with Gasteiger partial charge >= 0.3 is 0 Å². The van der Waals surface area contributed by atoms with Crippen molar-refractivity contribution in [3.05, 3.63) is 29.6 Å². The van der Waals surface area contributed by atoms with Gasteiger partial charge in [-0.2, -0.15) is 0 Å². The predicted molar refractivity (Wildman–Crippen MR) is 62.7 cm³/mol. The van der Waals surface area contributed by atoms with E-state index < -0.39 is 12.0 Å². The van der Waals surface area contributed by atoms with Crippen LogP contribution in [0, 0.1) is 18.7 Å². The molecule has 0 aliphatic rings. The molecular formula is C12H17FN2O2. The van der Waals surface area contributed by atoms with Crippen LogP contribution in [0.3, 0.4) is 0 Å². The Morgan fingerprint density at radius 2 is 2.12 bits per heavy atom. The molecule has 1 rings (SSSR count). The van der Waals surface area contributed by atoms with Gasteiger partial charge in [0.25, 0.3) is 5.91 Å². The molecule has 0 saturated carbocycles. The first-order valence-electron chi connectivity index (χ1n) is 5.39. The van der Waals surface area contributed by atoms with Gasteiger partial charge in [-0.25, -0.2) is 10.2 Å². The van der Waals surface area contributed by atoms with E-state index in [9.17, 15) is 9.18 Å². The van der Waals surface area contributed by atoms with Crippen molar-refractivity contribution in [3.8, 4) is 5.75 Å². The minimum absolute atomic E-state index is 0.0389. The Bertz CT molecular complexity index is 407. The first-order valence-corrected chi connectivity index (χ1v) is 5.39. The second-order valence-corrected chi connectivity index (χ2v) is 4.20. The van der Waals surface area contributed by atoms with Crippen LogP contribution in [0.25, 0.3) is 0 Å². The number of nitrogens with two attached hydrogens (primary N) is 1. The molecule has 0 aliphatic carbocycles. The maximum atomic E-state index is 12.9. The summed E-state index contributed by atoms with van der Waals surface area (Å²) in [5.74, 6) is 4.80. The zero-order chi connectivity index (χ0) is 13.0. The number of ether oxygens (including phenoxy) is 1. The van der Waals surface area contributed by atoms with E-state index in [4.69, 9.17) is 10.6 Å². The molecule has 0 heterocycles. The van der Waals surface area contributed by atoms with Gasteiger partial charge in [0.05, 0.1) is 0 Å². The highest BCUT2D eigenvalue weighted by atomic mass is 19.1. The smallest absolute Gasteiger partial charge is 0.275 e. The minimum Gasteiger partial charge on any atom is -0.480 e. The van der Waals surface area contributed by atoms with Crippen molar-refractivity contribution >= 4 is 5.91 Å². The SMILES string of the molecule is Cc1cc(F)ccc1OC(C(=O)NN)C(C)C. The second-order valence-electron chi connectivity index (χ2n) is 4.20. The fourth-order valence-corrected chi connectivity index (χ4v) is 1.46. The average Bonchev–Trinajstić information content (AvgIpc) is 2.26. The van der Waals surface area contributed by atoms with E-state index in [1.807, 2.05) is 13.8 Å². The fraction of sp³-hybridized carbons (Fsp3) is 0.417. The number of carbonyl (C=O) groups excluding carboxylic acids is 1. The molecule has 5 heteroatoms. The van der Waals surface area contributed by atoms with Gasteiger partial charge in [0.15, 0.2) is 6.10 Å². The van der Waals surface area contributed by atoms with Crippen molar-refractivity contribution < 1.29 is 13.9 Å². The number of rotatable bonds is 4. The van der Waals surface area contributed by atoms with E-state index in [0.717, 1.165) is 0 Å². The third-order valence-electron chi connectivity index (χ3n) is 2.40. The monoisotopic (exact) mass is 240 g/mol. The van der Waals surface area contributed by atoms with Crippen molar-refractivity contribution in [3.63, 3.8) is 0 Å². The predicted octanol–water partition coefficient (Wildman–Crippen LogP) is 1.53. The lowest BCUT2D eigenvalue weighted by molar-refractivity contribution is -0.129. The molecule has 0 radical (unpaired) electrons. The number of carbonyl (C=O) groups is 1. The van der Waals surface area contributed by atoms with Gasteiger partial charge in [-0.05, 0) is 36.6 Å². The Morgan fingerprint density at radius 3 is 2.59 bits per heavy atom. The summed E-state index contributed by atoms with van der Waals surface area (Å²) in [6.45, 7) is 5.41. The van der Waals surface area contributed by atoms with Crippen LogP contribution >= 0.6 is 0 Å².